The Morgan fingerprint density at radius 3 is 1.70 bits per heavy atom. The average molecular weight is 265 g/mol. The van der Waals surface area contributed by atoms with Crippen molar-refractivity contribution in [1.29, 1.82) is 0 Å². The molecule has 0 saturated carbocycles. The molecule has 0 unspecified atom stereocenters. The number of hydrogen-bond acceptors (Lipinski definition) is 2. The Kier molecular flexibility index (Phi) is 3.33. The predicted molar refractivity (Wildman–Crippen MR) is 76.1 cm³/mol. The second kappa shape index (κ2) is 5.29. The molecule has 1 aliphatic heterocycles. The van der Waals surface area contributed by atoms with Crippen LogP contribution in [0.4, 0.5) is 0 Å². The SMILES string of the molecule is O=C1CCN(C(c2ccccc2)c2ccccc2)C1=O. The van der Waals surface area contributed by atoms with E-state index >= 15 is 0 Å². The molecule has 3 nitrogen and oxygen atoms in total. The first-order chi connectivity index (χ1) is 9.77. The molecule has 1 saturated heterocycles. The van der Waals surface area contributed by atoms with Crippen LogP contribution >= 0.6 is 0 Å². The highest BCUT2D eigenvalue weighted by molar-refractivity contribution is 6.38. The van der Waals surface area contributed by atoms with Gasteiger partial charge in [0.15, 0.2) is 0 Å². The van der Waals surface area contributed by atoms with Crippen LogP contribution in [0.1, 0.15) is 23.6 Å². The van der Waals surface area contributed by atoms with Gasteiger partial charge < -0.3 is 4.90 Å². The smallest absolute Gasteiger partial charge is 0.290 e. The van der Waals surface area contributed by atoms with Crippen molar-refractivity contribution < 1.29 is 9.59 Å². The van der Waals surface area contributed by atoms with Gasteiger partial charge in [0.05, 0.1) is 6.04 Å². The second-order valence-electron chi connectivity index (χ2n) is 4.90. The molecular weight excluding hydrogens is 250 g/mol. The van der Waals surface area contributed by atoms with Gasteiger partial charge in [-0.2, -0.15) is 0 Å². The Labute approximate surface area is 117 Å². The van der Waals surface area contributed by atoms with Crippen molar-refractivity contribution in [2.75, 3.05) is 6.54 Å². The molecule has 0 bridgehead atoms. The van der Waals surface area contributed by atoms with Gasteiger partial charge in [0, 0.05) is 13.0 Å². The minimum atomic E-state index is -0.372. The monoisotopic (exact) mass is 265 g/mol. The van der Waals surface area contributed by atoms with Gasteiger partial charge in [-0.3, -0.25) is 9.59 Å². The van der Waals surface area contributed by atoms with Crippen LogP contribution in [0.15, 0.2) is 60.7 Å². The van der Waals surface area contributed by atoms with Gasteiger partial charge in [0.2, 0.25) is 5.78 Å². The third-order valence-electron chi connectivity index (χ3n) is 3.62. The standard InChI is InChI=1S/C17H15NO2/c19-15-11-12-18(17(15)20)16(13-7-3-1-4-8-13)14-9-5-2-6-10-14/h1-10,16H,11-12H2. The number of benzene rings is 2. The van der Waals surface area contributed by atoms with E-state index in [4.69, 9.17) is 0 Å². The Hall–Kier alpha value is -2.42. The summed E-state index contributed by atoms with van der Waals surface area (Å²) in [5, 5.41) is 0. The van der Waals surface area contributed by atoms with E-state index in [-0.39, 0.29) is 17.7 Å². The van der Waals surface area contributed by atoms with Crippen molar-refractivity contribution in [2.45, 2.75) is 12.5 Å². The molecule has 3 heteroatoms. The Balaban J connectivity index is 2.05. The number of carbonyl (C=O) groups is 2. The molecule has 2 aromatic rings. The number of carbonyl (C=O) groups excluding carboxylic acids is 2. The minimum Gasteiger partial charge on any atom is -0.325 e. The lowest BCUT2D eigenvalue weighted by Gasteiger charge is -2.28. The van der Waals surface area contributed by atoms with E-state index < -0.39 is 0 Å². The number of amides is 1. The normalized spacial score (nSPS) is 15.2. The van der Waals surface area contributed by atoms with Gasteiger partial charge in [-0.15, -0.1) is 0 Å². The van der Waals surface area contributed by atoms with Crippen LogP contribution in [0.3, 0.4) is 0 Å². The third-order valence-corrected chi connectivity index (χ3v) is 3.62. The summed E-state index contributed by atoms with van der Waals surface area (Å²) >= 11 is 0. The summed E-state index contributed by atoms with van der Waals surface area (Å²) in [7, 11) is 0. The maximum Gasteiger partial charge on any atom is 0.290 e. The van der Waals surface area contributed by atoms with E-state index in [2.05, 4.69) is 0 Å². The first-order valence-electron chi connectivity index (χ1n) is 6.71. The number of likely N-dealkylation sites (tertiary alicyclic amines) is 1. The van der Waals surface area contributed by atoms with Crippen LogP contribution < -0.4 is 0 Å². The quantitative estimate of drug-likeness (QED) is 0.800. The molecule has 1 amide bonds. The van der Waals surface area contributed by atoms with Crippen molar-refractivity contribution >= 4 is 11.7 Å². The summed E-state index contributed by atoms with van der Waals surface area (Å²) in [6, 6.07) is 19.5. The summed E-state index contributed by atoms with van der Waals surface area (Å²) < 4.78 is 0. The summed E-state index contributed by atoms with van der Waals surface area (Å²) in [5.74, 6) is -0.662. The van der Waals surface area contributed by atoms with Crippen LogP contribution in [0.25, 0.3) is 0 Å². The molecule has 0 spiro atoms. The van der Waals surface area contributed by atoms with Crippen molar-refractivity contribution in [3.8, 4) is 0 Å². The van der Waals surface area contributed by atoms with Gasteiger partial charge in [-0.25, -0.2) is 0 Å². The number of Topliss-reactive ketones (excluding diaryl/α,β-unsaturated/α-hetero) is 1. The Morgan fingerprint density at radius 2 is 1.30 bits per heavy atom. The zero-order chi connectivity index (χ0) is 13.9. The van der Waals surface area contributed by atoms with Crippen LogP contribution in [0.2, 0.25) is 0 Å². The van der Waals surface area contributed by atoms with Gasteiger partial charge >= 0.3 is 0 Å². The van der Waals surface area contributed by atoms with Gasteiger partial charge in [0.1, 0.15) is 0 Å². The molecule has 0 N–H and O–H groups in total. The summed E-state index contributed by atoms with van der Waals surface area (Å²) in [4.78, 5) is 25.3. The van der Waals surface area contributed by atoms with Crippen LogP contribution in [-0.2, 0) is 9.59 Å². The molecule has 0 aliphatic carbocycles. The number of rotatable bonds is 3. The fourth-order valence-corrected chi connectivity index (χ4v) is 2.66. The van der Waals surface area contributed by atoms with E-state index in [1.807, 2.05) is 60.7 Å². The van der Waals surface area contributed by atoms with Crippen LogP contribution in [-0.4, -0.2) is 23.1 Å². The maximum atomic E-state index is 12.1. The highest BCUT2D eigenvalue weighted by Crippen LogP contribution is 2.31. The van der Waals surface area contributed by atoms with Gasteiger partial charge in [-0.1, -0.05) is 60.7 Å². The highest BCUT2D eigenvalue weighted by atomic mass is 16.2. The molecule has 2 aromatic carbocycles. The Bertz CT molecular complexity index is 582. The molecule has 1 fully saturated rings. The second-order valence-corrected chi connectivity index (χ2v) is 4.90. The lowest BCUT2D eigenvalue weighted by atomic mass is 9.97. The first-order valence-corrected chi connectivity index (χ1v) is 6.71. The Morgan fingerprint density at radius 1 is 0.800 bits per heavy atom. The largest absolute Gasteiger partial charge is 0.325 e. The lowest BCUT2D eigenvalue weighted by Crippen LogP contribution is -2.32. The van der Waals surface area contributed by atoms with E-state index in [1.165, 1.54) is 0 Å². The van der Waals surface area contributed by atoms with Crippen LogP contribution in [0.5, 0.6) is 0 Å². The minimum absolute atomic E-state index is 0.184. The number of hydrogen-bond donors (Lipinski definition) is 0. The summed E-state index contributed by atoms with van der Waals surface area (Å²) in [5.41, 5.74) is 2.06. The van der Waals surface area contributed by atoms with E-state index in [0.717, 1.165) is 11.1 Å². The summed E-state index contributed by atoms with van der Waals surface area (Å²) in [6.45, 7) is 0.492. The third kappa shape index (κ3) is 2.23. The number of ketones is 1. The van der Waals surface area contributed by atoms with Gasteiger partial charge in [-0.05, 0) is 11.1 Å². The average Bonchev–Trinajstić information content (AvgIpc) is 2.82. The molecule has 0 aromatic heterocycles. The van der Waals surface area contributed by atoms with Crippen LogP contribution in [0, 0.1) is 0 Å². The molecule has 20 heavy (non-hydrogen) atoms. The molecule has 3 rings (SSSR count). The highest BCUT2D eigenvalue weighted by Gasteiger charge is 2.35. The molecule has 1 aliphatic rings. The molecule has 100 valence electrons. The van der Waals surface area contributed by atoms with Crippen molar-refractivity contribution in [2.24, 2.45) is 0 Å². The molecule has 0 atom stereocenters. The molecule has 0 radical (unpaired) electrons. The first kappa shape index (κ1) is 12.6. The van der Waals surface area contributed by atoms with Crippen molar-refractivity contribution in [1.82, 2.24) is 4.90 Å². The van der Waals surface area contributed by atoms with E-state index in [1.54, 1.807) is 4.90 Å². The molecule has 1 heterocycles. The number of nitrogens with zero attached hydrogens (tertiary/aromatic N) is 1. The zero-order valence-electron chi connectivity index (χ0n) is 11.0. The fraction of sp³-hybridized carbons (Fsp3) is 0.176. The van der Waals surface area contributed by atoms with Crippen molar-refractivity contribution in [3.63, 3.8) is 0 Å². The zero-order valence-corrected chi connectivity index (χ0v) is 11.0. The fourth-order valence-electron chi connectivity index (χ4n) is 2.66. The van der Waals surface area contributed by atoms with E-state index in [9.17, 15) is 9.59 Å². The lowest BCUT2D eigenvalue weighted by molar-refractivity contribution is -0.140. The maximum absolute atomic E-state index is 12.1. The van der Waals surface area contributed by atoms with Gasteiger partial charge in [0.25, 0.3) is 5.91 Å². The van der Waals surface area contributed by atoms with Crippen molar-refractivity contribution in [3.05, 3.63) is 71.8 Å². The summed E-state index contributed by atoms with van der Waals surface area (Å²) in [6.07, 6.45) is 0.314. The molecular formula is C17H15NO2. The predicted octanol–water partition coefficient (Wildman–Crippen LogP) is 2.58. The topological polar surface area (TPSA) is 37.4 Å². The van der Waals surface area contributed by atoms with E-state index in [0.29, 0.717) is 13.0 Å².